The molecule has 0 bridgehead atoms. The van der Waals surface area contributed by atoms with Crippen LogP contribution in [0.15, 0.2) is 5.51 Å². The smallest absolute Gasteiger partial charge is 0.349 e. The van der Waals surface area contributed by atoms with Gasteiger partial charge >= 0.3 is 5.97 Å². The summed E-state index contributed by atoms with van der Waals surface area (Å²) in [6, 6.07) is 0. The Bertz CT molecular complexity index is 257. The number of thiazole rings is 1. The van der Waals surface area contributed by atoms with Gasteiger partial charge in [0.25, 0.3) is 0 Å². The van der Waals surface area contributed by atoms with Crippen molar-refractivity contribution < 1.29 is 9.53 Å². The van der Waals surface area contributed by atoms with Crippen molar-refractivity contribution in [2.24, 2.45) is 0 Å². The fourth-order valence-corrected chi connectivity index (χ4v) is 1.58. The van der Waals surface area contributed by atoms with Gasteiger partial charge in [-0.25, -0.2) is 9.78 Å². The van der Waals surface area contributed by atoms with Crippen molar-refractivity contribution in [2.45, 2.75) is 13.3 Å². The highest BCUT2D eigenvalue weighted by molar-refractivity contribution is 7.11. The lowest BCUT2D eigenvalue weighted by Crippen LogP contribution is -2.01. The van der Waals surface area contributed by atoms with Gasteiger partial charge < -0.3 is 4.74 Å². The molecule has 1 rings (SSSR count). The van der Waals surface area contributed by atoms with Gasteiger partial charge in [-0.05, 0) is 6.42 Å². The van der Waals surface area contributed by atoms with Crippen molar-refractivity contribution in [1.82, 2.24) is 4.98 Å². The van der Waals surface area contributed by atoms with Gasteiger partial charge in [0.15, 0.2) is 0 Å². The molecule has 0 aliphatic heterocycles. The van der Waals surface area contributed by atoms with E-state index in [9.17, 15) is 4.79 Å². The highest BCUT2D eigenvalue weighted by Gasteiger charge is 2.12. The van der Waals surface area contributed by atoms with Crippen LogP contribution in [0.5, 0.6) is 0 Å². The van der Waals surface area contributed by atoms with E-state index >= 15 is 0 Å². The van der Waals surface area contributed by atoms with E-state index in [0.717, 1.165) is 12.1 Å². The summed E-state index contributed by atoms with van der Waals surface area (Å²) in [7, 11) is 1.38. The Kier molecular flexibility index (Phi) is 2.59. The van der Waals surface area contributed by atoms with E-state index in [1.165, 1.54) is 18.4 Å². The summed E-state index contributed by atoms with van der Waals surface area (Å²) in [6.07, 6.45) is 0.772. The quantitative estimate of drug-likeness (QED) is 0.633. The van der Waals surface area contributed by atoms with Gasteiger partial charge in [-0.2, -0.15) is 0 Å². The van der Waals surface area contributed by atoms with Crippen LogP contribution < -0.4 is 0 Å². The molecule has 1 aromatic rings. The summed E-state index contributed by atoms with van der Waals surface area (Å²) in [5, 5.41) is 0. The average molecular weight is 171 g/mol. The van der Waals surface area contributed by atoms with E-state index in [4.69, 9.17) is 0 Å². The van der Waals surface area contributed by atoms with Crippen molar-refractivity contribution in [3.8, 4) is 0 Å². The molecule has 11 heavy (non-hydrogen) atoms. The number of ether oxygens (including phenoxy) is 1. The second-order valence-electron chi connectivity index (χ2n) is 1.97. The van der Waals surface area contributed by atoms with Crippen molar-refractivity contribution in [3.63, 3.8) is 0 Å². The van der Waals surface area contributed by atoms with E-state index in [1.54, 1.807) is 5.51 Å². The zero-order valence-electron chi connectivity index (χ0n) is 6.46. The summed E-state index contributed by atoms with van der Waals surface area (Å²) < 4.78 is 4.57. The van der Waals surface area contributed by atoms with Gasteiger partial charge in [0, 0.05) is 0 Å². The average Bonchev–Trinajstić information content (AvgIpc) is 2.50. The standard InChI is InChI=1S/C7H9NO2S/c1-3-5-6(7(9)10-2)11-4-8-5/h4H,3H2,1-2H3. The van der Waals surface area contributed by atoms with Crippen molar-refractivity contribution in [3.05, 3.63) is 16.1 Å². The predicted octanol–water partition coefficient (Wildman–Crippen LogP) is 1.49. The van der Waals surface area contributed by atoms with E-state index in [2.05, 4.69) is 9.72 Å². The Balaban J connectivity index is 2.92. The minimum Gasteiger partial charge on any atom is -0.465 e. The third-order valence-corrected chi connectivity index (χ3v) is 2.20. The van der Waals surface area contributed by atoms with E-state index in [-0.39, 0.29) is 5.97 Å². The van der Waals surface area contributed by atoms with Crippen molar-refractivity contribution in [2.75, 3.05) is 7.11 Å². The maximum atomic E-state index is 11.0. The number of aryl methyl sites for hydroxylation is 1. The number of hydrogen-bond acceptors (Lipinski definition) is 4. The first-order chi connectivity index (χ1) is 5.29. The Morgan fingerprint density at radius 1 is 1.82 bits per heavy atom. The fraction of sp³-hybridized carbons (Fsp3) is 0.429. The Morgan fingerprint density at radius 2 is 2.55 bits per heavy atom. The van der Waals surface area contributed by atoms with Crippen LogP contribution in [0.1, 0.15) is 22.3 Å². The first-order valence-electron chi connectivity index (χ1n) is 3.30. The van der Waals surface area contributed by atoms with Crippen LogP contribution in [0.3, 0.4) is 0 Å². The zero-order valence-corrected chi connectivity index (χ0v) is 7.27. The third-order valence-electron chi connectivity index (χ3n) is 1.35. The highest BCUT2D eigenvalue weighted by atomic mass is 32.1. The van der Waals surface area contributed by atoms with Gasteiger partial charge in [0.1, 0.15) is 4.88 Å². The van der Waals surface area contributed by atoms with Crippen molar-refractivity contribution in [1.29, 1.82) is 0 Å². The lowest BCUT2D eigenvalue weighted by molar-refractivity contribution is 0.0605. The molecule has 0 unspecified atom stereocenters. The Morgan fingerprint density at radius 3 is 3.09 bits per heavy atom. The lowest BCUT2D eigenvalue weighted by atomic mass is 10.3. The minimum atomic E-state index is -0.288. The number of methoxy groups -OCH3 is 1. The monoisotopic (exact) mass is 171 g/mol. The van der Waals surface area contributed by atoms with Crippen LogP contribution in [-0.2, 0) is 11.2 Å². The van der Waals surface area contributed by atoms with Crippen LogP contribution in [-0.4, -0.2) is 18.1 Å². The zero-order chi connectivity index (χ0) is 8.27. The second kappa shape index (κ2) is 3.48. The molecule has 0 aliphatic carbocycles. The molecule has 1 heterocycles. The highest BCUT2D eigenvalue weighted by Crippen LogP contribution is 2.14. The molecule has 1 aromatic heterocycles. The normalized spacial score (nSPS) is 9.64. The molecule has 4 heteroatoms. The summed E-state index contributed by atoms with van der Waals surface area (Å²) in [6.45, 7) is 1.96. The molecule has 0 atom stereocenters. The minimum absolute atomic E-state index is 0.288. The molecule has 0 aromatic carbocycles. The molecule has 0 saturated heterocycles. The molecule has 0 aliphatic rings. The maximum absolute atomic E-state index is 11.0. The summed E-state index contributed by atoms with van der Waals surface area (Å²) in [5.41, 5.74) is 2.48. The molecule has 60 valence electrons. The molecule has 0 spiro atoms. The van der Waals surface area contributed by atoms with Gasteiger partial charge in [-0.3, -0.25) is 0 Å². The Labute approximate surface area is 69.0 Å². The first kappa shape index (κ1) is 8.20. The number of esters is 1. The lowest BCUT2D eigenvalue weighted by Gasteiger charge is -1.95. The number of aromatic nitrogens is 1. The van der Waals surface area contributed by atoms with E-state index in [0.29, 0.717) is 4.88 Å². The number of carbonyl (C=O) groups excluding carboxylic acids is 1. The molecule has 0 N–H and O–H groups in total. The molecule has 0 amide bonds. The summed E-state index contributed by atoms with van der Waals surface area (Å²) in [5.74, 6) is -0.288. The number of hydrogen-bond donors (Lipinski definition) is 0. The van der Waals surface area contributed by atoms with Crippen LogP contribution in [0.2, 0.25) is 0 Å². The molecule has 3 nitrogen and oxygen atoms in total. The van der Waals surface area contributed by atoms with Crippen LogP contribution in [0, 0.1) is 0 Å². The SMILES string of the molecule is CCc1ncsc1C(=O)OC. The van der Waals surface area contributed by atoms with Gasteiger partial charge in [0.2, 0.25) is 0 Å². The van der Waals surface area contributed by atoms with Crippen LogP contribution in [0.25, 0.3) is 0 Å². The molecule has 0 radical (unpaired) electrons. The second-order valence-corrected chi connectivity index (χ2v) is 2.83. The Hall–Kier alpha value is -0.900. The van der Waals surface area contributed by atoms with Crippen LogP contribution in [0.4, 0.5) is 0 Å². The van der Waals surface area contributed by atoms with Gasteiger partial charge in [-0.1, -0.05) is 6.92 Å². The maximum Gasteiger partial charge on any atom is 0.349 e. The fourth-order valence-electron chi connectivity index (χ4n) is 0.780. The molecular weight excluding hydrogens is 162 g/mol. The first-order valence-corrected chi connectivity index (χ1v) is 4.18. The molecular formula is C7H9NO2S. The largest absolute Gasteiger partial charge is 0.465 e. The van der Waals surface area contributed by atoms with Crippen molar-refractivity contribution >= 4 is 17.3 Å². The number of rotatable bonds is 2. The summed E-state index contributed by atoms with van der Waals surface area (Å²) in [4.78, 5) is 15.6. The third kappa shape index (κ3) is 1.57. The molecule has 0 fully saturated rings. The summed E-state index contributed by atoms with van der Waals surface area (Å²) >= 11 is 1.32. The van der Waals surface area contributed by atoms with Gasteiger partial charge in [-0.15, -0.1) is 11.3 Å². The van der Waals surface area contributed by atoms with Gasteiger partial charge in [0.05, 0.1) is 18.3 Å². The number of carbonyl (C=O) groups is 1. The van der Waals surface area contributed by atoms with E-state index < -0.39 is 0 Å². The predicted molar refractivity (Wildman–Crippen MR) is 42.8 cm³/mol. The topological polar surface area (TPSA) is 39.2 Å². The molecule has 0 saturated carbocycles. The van der Waals surface area contributed by atoms with E-state index in [1.807, 2.05) is 6.92 Å². The number of nitrogens with zero attached hydrogens (tertiary/aromatic N) is 1. The van der Waals surface area contributed by atoms with Crippen LogP contribution >= 0.6 is 11.3 Å².